The third kappa shape index (κ3) is 5.25. The Morgan fingerprint density at radius 1 is 1.24 bits per heavy atom. The van der Waals surface area contributed by atoms with Gasteiger partial charge in [-0.25, -0.2) is 4.79 Å². The van der Waals surface area contributed by atoms with Gasteiger partial charge in [0, 0.05) is 13.5 Å². The fraction of sp³-hybridized carbons (Fsp3) is 0.400. The smallest absolute Gasteiger partial charge is 0.335 e. The second kappa shape index (κ2) is 7.42. The molecule has 3 N–H and O–H groups in total. The molecule has 1 aromatic carbocycles. The van der Waals surface area contributed by atoms with Crippen LogP contribution < -0.4 is 10.6 Å². The van der Waals surface area contributed by atoms with Crippen LogP contribution in [0.25, 0.3) is 0 Å². The molecule has 1 aromatic rings. The molecule has 114 valence electrons. The molecule has 0 bridgehead atoms. The van der Waals surface area contributed by atoms with Crippen molar-refractivity contribution in [1.82, 2.24) is 10.6 Å². The number of amides is 2. The van der Waals surface area contributed by atoms with E-state index in [1.54, 1.807) is 12.1 Å². The molecule has 2 amide bonds. The summed E-state index contributed by atoms with van der Waals surface area (Å²) in [4.78, 5) is 34.0. The van der Waals surface area contributed by atoms with E-state index in [1.165, 1.54) is 19.1 Å². The van der Waals surface area contributed by atoms with Gasteiger partial charge in [0.15, 0.2) is 0 Å². The number of aromatic carboxylic acids is 1. The first-order chi connectivity index (χ1) is 9.81. The maximum atomic E-state index is 12.1. The van der Waals surface area contributed by atoms with Crippen LogP contribution >= 0.6 is 0 Å². The highest BCUT2D eigenvalue weighted by Gasteiger charge is 2.22. The molecule has 0 spiro atoms. The number of hydrogen-bond acceptors (Lipinski definition) is 3. The molecule has 6 nitrogen and oxygen atoms in total. The first kappa shape index (κ1) is 16.7. The van der Waals surface area contributed by atoms with Gasteiger partial charge >= 0.3 is 5.97 Å². The molecule has 0 heterocycles. The van der Waals surface area contributed by atoms with Gasteiger partial charge < -0.3 is 15.7 Å². The lowest BCUT2D eigenvalue weighted by molar-refractivity contribution is -0.129. The van der Waals surface area contributed by atoms with Crippen LogP contribution in [0.2, 0.25) is 0 Å². The highest BCUT2D eigenvalue weighted by Crippen LogP contribution is 2.06. The molecule has 0 aliphatic rings. The van der Waals surface area contributed by atoms with Gasteiger partial charge in [0.2, 0.25) is 11.8 Å². The molecule has 1 atom stereocenters. The van der Waals surface area contributed by atoms with Gasteiger partial charge in [0.05, 0.1) is 5.56 Å². The van der Waals surface area contributed by atoms with E-state index < -0.39 is 12.0 Å². The maximum absolute atomic E-state index is 12.1. The van der Waals surface area contributed by atoms with Crippen molar-refractivity contribution in [1.29, 1.82) is 0 Å². The summed E-state index contributed by atoms with van der Waals surface area (Å²) >= 11 is 0. The van der Waals surface area contributed by atoms with E-state index in [0.29, 0.717) is 5.56 Å². The molecular formula is C15H20N2O4. The summed E-state index contributed by atoms with van der Waals surface area (Å²) in [5.41, 5.74) is 0.859. The Morgan fingerprint density at radius 3 is 2.43 bits per heavy atom. The number of hydrogen-bond donors (Lipinski definition) is 3. The predicted octanol–water partition coefficient (Wildman–Crippen LogP) is 1.16. The van der Waals surface area contributed by atoms with Crippen LogP contribution in [0.4, 0.5) is 0 Å². The molecule has 0 aliphatic heterocycles. The molecule has 6 heteroatoms. The topological polar surface area (TPSA) is 95.5 Å². The van der Waals surface area contributed by atoms with Crippen molar-refractivity contribution < 1.29 is 19.5 Å². The van der Waals surface area contributed by atoms with Gasteiger partial charge in [-0.15, -0.1) is 0 Å². The Hall–Kier alpha value is -2.37. The number of carbonyl (C=O) groups excluding carboxylic acids is 2. The van der Waals surface area contributed by atoms with Crippen molar-refractivity contribution in [2.45, 2.75) is 33.4 Å². The van der Waals surface area contributed by atoms with Crippen LogP contribution in [0.15, 0.2) is 24.3 Å². The molecule has 1 rings (SSSR count). The second-order valence-electron chi connectivity index (χ2n) is 5.15. The molecule has 0 saturated heterocycles. The summed E-state index contributed by atoms with van der Waals surface area (Å²) in [6.07, 6.45) is 0. The van der Waals surface area contributed by atoms with Crippen molar-refractivity contribution in [3.63, 3.8) is 0 Å². The Labute approximate surface area is 123 Å². The van der Waals surface area contributed by atoms with E-state index in [-0.39, 0.29) is 29.8 Å². The van der Waals surface area contributed by atoms with Crippen LogP contribution in [0.1, 0.15) is 36.7 Å². The first-order valence-electron chi connectivity index (χ1n) is 6.68. The SMILES string of the molecule is CC(=O)NC(C(=O)NCc1cccc(C(=O)O)c1)C(C)C. The third-order valence-electron chi connectivity index (χ3n) is 2.95. The molecule has 0 aromatic heterocycles. The molecule has 0 fully saturated rings. The number of nitrogens with one attached hydrogen (secondary N) is 2. The number of benzene rings is 1. The Balaban J connectivity index is 2.68. The van der Waals surface area contributed by atoms with Gasteiger partial charge in [-0.05, 0) is 23.6 Å². The van der Waals surface area contributed by atoms with Crippen molar-refractivity contribution in [3.05, 3.63) is 35.4 Å². The number of rotatable bonds is 6. The van der Waals surface area contributed by atoms with Gasteiger partial charge in [-0.2, -0.15) is 0 Å². The van der Waals surface area contributed by atoms with Gasteiger partial charge in [0.25, 0.3) is 0 Å². The van der Waals surface area contributed by atoms with Crippen LogP contribution in [0.5, 0.6) is 0 Å². The number of carboxylic acids is 1. The highest BCUT2D eigenvalue weighted by atomic mass is 16.4. The average Bonchev–Trinajstić information content (AvgIpc) is 2.42. The van der Waals surface area contributed by atoms with E-state index in [0.717, 1.165) is 0 Å². The predicted molar refractivity (Wildman–Crippen MR) is 77.7 cm³/mol. The van der Waals surface area contributed by atoms with Gasteiger partial charge in [-0.1, -0.05) is 26.0 Å². The monoisotopic (exact) mass is 292 g/mol. The summed E-state index contributed by atoms with van der Waals surface area (Å²) < 4.78 is 0. The van der Waals surface area contributed by atoms with E-state index >= 15 is 0 Å². The highest BCUT2D eigenvalue weighted by molar-refractivity contribution is 5.88. The van der Waals surface area contributed by atoms with Crippen molar-refractivity contribution >= 4 is 17.8 Å². The van der Waals surface area contributed by atoms with Crippen molar-refractivity contribution in [3.8, 4) is 0 Å². The average molecular weight is 292 g/mol. The van der Waals surface area contributed by atoms with Crippen LogP contribution in [-0.2, 0) is 16.1 Å². The van der Waals surface area contributed by atoms with Crippen molar-refractivity contribution in [2.24, 2.45) is 5.92 Å². The summed E-state index contributed by atoms with van der Waals surface area (Å²) in [6, 6.07) is 5.74. The van der Waals surface area contributed by atoms with Crippen LogP contribution in [0.3, 0.4) is 0 Å². The Kier molecular flexibility index (Phi) is 5.90. The van der Waals surface area contributed by atoms with Gasteiger partial charge in [0.1, 0.15) is 6.04 Å². The minimum atomic E-state index is -1.01. The molecular weight excluding hydrogens is 272 g/mol. The third-order valence-corrected chi connectivity index (χ3v) is 2.95. The number of carboxylic acid groups (broad SMARTS) is 1. The molecule has 1 unspecified atom stereocenters. The lowest BCUT2D eigenvalue weighted by Gasteiger charge is -2.21. The number of carbonyl (C=O) groups is 3. The molecule has 0 aliphatic carbocycles. The minimum absolute atomic E-state index is 0.0424. The van der Waals surface area contributed by atoms with Gasteiger partial charge in [-0.3, -0.25) is 9.59 Å². The summed E-state index contributed by atoms with van der Waals surface area (Å²) in [5, 5.41) is 14.2. The molecule has 0 saturated carbocycles. The van der Waals surface area contributed by atoms with Crippen LogP contribution in [0, 0.1) is 5.92 Å². The quantitative estimate of drug-likeness (QED) is 0.733. The van der Waals surface area contributed by atoms with Crippen molar-refractivity contribution in [2.75, 3.05) is 0 Å². The van der Waals surface area contributed by atoms with E-state index in [1.807, 2.05) is 13.8 Å². The largest absolute Gasteiger partial charge is 0.478 e. The van der Waals surface area contributed by atoms with E-state index in [9.17, 15) is 14.4 Å². The first-order valence-corrected chi connectivity index (χ1v) is 6.68. The van der Waals surface area contributed by atoms with E-state index in [2.05, 4.69) is 10.6 Å². The van der Waals surface area contributed by atoms with E-state index in [4.69, 9.17) is 5.11 Å². The maximum Gasteiger partial charge on any atom is 0.335 e. The fourth-order valence-electron chi connectivity index (χ4n) is 1.87. The zero-order valence-corrected chi connectivity index (χ0v) is 12.3. The molecule has 0 radical (unpaired) electrons. The standard InChI is InChI=1S/C15H20N2O4/c1-9(2)13(17-10(3)18)14(19)16-8-11-5-4-6-12(7-11)15(20)21/h4-7,9,13H,8H2,1-3H3,(H,16,19)(H,17,18)(H,20,21). The lowest BCUT2D eigenvalue weighted by atomic mass is 10.0. The Bertz CT molecular complexity index is 540. The normalized spacial score (nSPS) is 11.8. The summed E-state index contributed by atoms with van der Waals surface area (Å²) in [6.45, 7) is 5.25. The lowest BCUT2D eigenvalue weighted by Crippen LogP contribution is -2.48. The Morgan fingerprint density at radius 2 is 1.90 bits per heavy atom. The second-order valence-corrected chi connectivity index (χ2v) is 5.15. The summed E-state index contributed by atoms with van der Waals surface area (Å²) in [5.74, 6) is -1.61. The molecule has 21 heavy (non-hydrogen) atoms. The summed E-state index contributed by atoms with van der Waals surface area (Å²) in [7, 11) is 0. The minimum Gasteiger partial charge on any atom is -0.478 e. The fourth-order valence-corrected chi connectivity index (χ4v) is 1.87. The zero-order valence-electron chi connectivity index (χ0n) is 12.3. The van der Waals surface area contributed by atoms with Crippen LogP contribution in [-0.4, -0.2) is 28.9 Å². The zero-order chi connectivity index (χ0) is 16.0.